The highest BCUT2D eigenvalue weighted by molar-refractivity contribution is 7.48. The number of hydrogen-bond acceptors (Lipinski definition) is 13. The number of rotatable bonds is 24. The van der Waals surface area contributed by atoms with Crippen LogP contribution in [0, 0.1) is 23.3 Å². The topological polar surface area (TPSA) is 147 Å². The summed E-state index contributed by atoms with van der Waals surface area (Å²) in [5, 5.41) is 10.2. The van der Waals surface area contributed by atoms with E-state index in [0.717, 1.165) is 24.3 Å². The van der Waals surface area contributed by atoms with Crippen LogP contribution < -0.4 is 18.9 Å². The summed E-state index contributed by atoms with van der Waals surface area (Å²) in [5.74, 6) is -6.61. The van der Waals surface area contributed by atoms with Crippen LogP contribution in [0.25, 0.3) is 0 Å². The van der Waals surface area contributed by atoms with E-state index in [4.69, 9.17) is 93.1 Å². The Balaban J connectivity index is 1.50. The van der Waals surface area contributed by atoms with Crippen molar-refractivity contribution in [1.82, 2.24) is 0 Å². The highest BCUT2D eigenvalue weighted by Crippen LogP contribution is 2.54. The molecule has 0 spiro atoms. The molecule has 2 unspecified atom stereocenters. The Labute approximate surface area is 385 Å². The predicted octanol–water partition coefficient (Wildman–Crippen LogP) is 11.2. The minimum Gasteiger partial charge on any atom is -0.489 e. The summed E-state index contributed by atoms with van der Waals surface area (Å²) >= 11 is 25.0. The molecule has 13 nitrogen and oxygen atoms in total. The number of hydrogen-bond donors (Lipinski definition) is 1. The van der Waals surface area contributed by atoms with E-state index in [0.29, 0.717) is 0 Å². The number of phosphoric ester groups is 1. The number of carbonyl (C=O) groups is 1. The summed E-state index contributed by atoms with van der Waals surface area (Å²) in [5.41, 5.74) is 0.297. The summed E-state index contributed by atoms with van der Waals surface area (Å²) in [7, 11) is -5.05. The Hall–Kier alpha value is -4.16. The molecule has 4 aromatic rings. The zero-order chi connectivity index (χ0) is 46.7. The van der Waals surface area contributed by atoms with Gasteiger partial charge in [-0.3, -0.25) is 13.6 Å². The van der Waals surface area contributed by atoms with Gasteiger partial charge in [0.25, 0.3) is 0 Å². The monoisotopic (exact) mass is 1000 g/mol. The molecule has 0 aliphatic carbocycles. The number of halogens is 8. The summed E-state index contributed by atoms with van der Waals surface area (Å²) in [6, 6.07) is 9.27. The quantitative estimate of drug-likeness (QED) is 0.0404. The second-order valence-corrected chi connectivity index (χ2v) is 16.5. The lowest BCUT2D eigenvalue weighted by atomic mass is 10.1. The molecule has 0 amide bonds. The van der Waals surface area contributed by atoms with Gasteiger partial charge in [-0.2, -0.15) is 0 Å². The molecule has 1 N–H and O–H groups in total. The normalized spacial score (nSPS) is 14.4. The van der Waals surface area contributed by atoms with Crippen molar-refractivity contribution < 1.29 is 78.8 Å². The van der Waals surface area contributed by atoms with E-state index < -0.39 is 93.8 Å². The Morgan fingerprint density at radius 2 is 0.922 bits per heavy atom. The van der Waals surface area contributed by atoms with Crippen molar-refractivity contribution >= 4 is 60.2 Å². The first-order valence-electron chi connectivity index (χ1n) is 19.4. The minimum atomic E-state index is -5.05. The molecule has 1 heterocycles. The molecule has 0 radical (unpaired) electrons. The van der Waals surface area contributed by atoms with Crippen molar-refractivity contribution in [3.05, 3.63) is 126 Å². The molecule has 0 saturated carbocycles. The lowest BCUT2D eigenvalue weighted by Gasteiger charge is -2.27. The van der Waals surface area contributed by atoms with Crippen LogP contribution in [0.15, 0.2) is 60.0 Å². The maximum Gasteiger partial charge on any atom is 0.475 e. The summed E-state index contributed by atoms with van der Waals surface area (Å²) in [6.45, 7) is 3.45. The lowest BCUT2D eigenvalue weighted by Crippen LogP contribution is -2.35. The van der Waals surface area contributed by atoms with E-state index in [1.807, 2.05) is 0 Å². The van der Waals surface area contributed by atoms with Crippen LogP contribution in [0.4, 0.5) is 17.6 Å². The number of aliphatic hydroxyl groups excluding tert-OH is 1. The number of phosphoric acid groups is 1. The van der Waals surface area contributed by atoms with Crippen molar-refractivity contribution in [1.29, 1.82) is 0 Å². The molecular formula is C42H41Cl4F4O13P. The van der Waals surface area contributed by atoms with Gasteiger partial charge in [0.05, 0.1) is 66.3 Å². The Morgan fingerprint density at radius 1 is 0.578 bits per heavy atom. The largest absolute Gasteiger partial charge is 0.489 e. The Bertz CT molecular complexity index is 2230. The molecule has 1 aliphatic rings. The van der Waals surface area contributed by atoms with Crippen molar-refractivity contribution in [2.24, 2.45) is 0 Å². The number of cyclic esters (lactones) is 1. The van der Waals surface area contributed by atoms with Crippen LogP contribution in [-0.2, 0) is 63.6 Å². The fraction of sp³-hybridized carbons (Fsp3) is 0.357. The second kappa shape index (κ2) is 23.3. The van der Waals surface area contributed by atoms with Gasteiger partial charge in [0.1, 0.15) is 19.3 Å². The van der Waals surface area contributed by atoms with E-state index in [2.05, 4.69) is 0 Å². The van der Waals surface area contributed by atoms with E-state index >= 15 is 4.39 Å². The SMILES string of the molecule is CCOc1c(F)cc(COC2=C(OCc3cc(F)c(OCC)c(Cl)c3)C(C(CO)OP(=O)(OCc3cc(F)c(OCC)c(Cl)c3)OCc3cc(F)c(OCC)c(Cl)c3)OC2=O)cc1Cl. The van der Waals surface area contributed by atoms with Crippen LogP contribution in [0.2, 0.25) is 20.1 Å². The molecule has 4 aromatic carbocycles. The van der Waals surface area contributed by atoms with Crippen LogP contribution >= 0.6 is 54.2 Å². The number of esters is 1. The first-order valence-corrected chi connectivity index (χ1v) is 22.3. The van der Waals surface area contributed by atoms with E-state index in [1.54, 1.807) is 27.7 Å². The average Bonchev–Trinajstić information content (AvgIpc) is 3.56. The fourth-order valence-electron chi connectivity index (χ4n) is 5.96. The third-order valence-corrected chi connectivity index (χ3v) is 11.2. The summed E-state index contributed by atoms with van der Waals surface area (Å²) in [6.07, 6.45) is -3.67. The molecule has 0 aromatic heterocycles. The molecule has 64 heavy (non-hydrogen) atoms. The standard InChI is InChI=1S/C42H41Cl4F4O13P/c1-5-54-35-26(43)9-22(13-30(35)47)18-58-40-39(62-42(52)41(40)59-19-23-10-27(44)36(55-6-2)31(48)14-23)34(17-51)63-64(53,60-20-24-11-28(45)37(56-7-3)32(49)15-24)61-21-25-12-29(46)38(57-8-4)33(50)16-25/h9-16,34,39,51H,5-8,17-21H2,1-4H3. The van der Waals surface area contributed by atoms with Crippen molar-refractivity contribution in [2.75, 3.05) is 33.0 Å². The third-order valence-electron chi connectivity index (χ3n) is 8.63. The highest BCUT2D eigenvalue weighted by atomic mass is 35.5. The molecule has 348 valence electrons. The van der Waals surface area contributed by atoms with Crippen LogP contribution in [0.3, 0.4) is 0 Å². The molecule has 2 atom stereocenters. The third kappa shape index (κ3) is 12.8. The van der Waals surface area contributed by atoms with Crippen molar-refractivity contribution in [3.63, 3.8) is 0 Å². The first-order chi connectivity index (χ1) is 30.5. The van der Waals surface area contributed by atoms with Crippen LogP contribution in [0.1, 0.15) is 49.9 Å². The van der Waals surface area contributed by atoms with Crippen LogP contribution in [-0.4, -0.2) is 56.3 Å². The van der Waals surface area contributed by atoms with Gasteiger partial charge in [0.15, 0.2) is 58.1 Å². The number of ether oxygens (including phenoxy) is 7. The predicted molar refractivity (Wildman–Crippen MR) is 226 cm³/mol. The first kappa shape index (κ1) is 50.8. The van der Waals surface area contributed by atoms with Gasteiger partial charge in [0, 0.05) is 0 Å². The smallest absolute Gasteiger partial charge is 0.475 e. The van der Waals surface area contributed by atoms with Crippen molar-refractivity contribution in [2.45, 2.75) is 66.3 Å². The van der Waals surface area contributed by atoms with E-state index in [1.165, 1.54) is 24.3 Å². The molecule has 0 bridgehead atoms. The number of benzene rings is 4. The van der Waals surface area contributed by atoms with E-state index in [9.17, 15) is 27.6 Å². The van der Waals surface area contributed by atoms with E-state index in [-0.39, 0.29) is 91.8 Å². The molecule has 0 fully saturated rings. The number of carbonyl (C=O) groups excluding carboxylic acids is 1. The van der Waals surface area contributed by atoms with Gasteiger partial charge in [-0.15, -0.1) is 0 Å². The summed E-state index contributed by atoms with van der Waals surface area (Å²) < 4.78 is 130. The van der Waals surface area contributed by atoms with Gasteiger partial charge >= 0.3 is 13.8 Å². The maximum atomic E-state index is 15.0. The zero-order valence-corrected chi connectivity index (χ0v) is 38.4. The van der Waals surface area contributed by atoms with Gasteiger partial charge < -0.3 is 38.3 Å². The maximum absolute atomic E-state index is 15.0. The molecule has 22 heteroatoms. The average molecular weight is 1000 g/mol. The van der Waals surface area contributed by atoms with Gasteiger partial charge in [-0.1, -0.05) is 46.4 Å². The molecule has 0 saturated heterocycles. The Morgan fingerprint density at radius 3 is 1.25 bits per heavy atom. The fourth-order valence-corrected chi connectivity index (χ4v) is 8.42. The summed E-state index contributed by atoms with van der Waals surface area (Å²) in [4.78, 5) is 13.5. The second-order valence-electron chi connectivity index (χ2n) is 13.2. The lowest BCUT2D eigenvalue weighted by molar-refractivity contribution is -0.148. The van der Waals surface area contributed by atoms with Crippen molar-refractivity contribution in [3.8, 4) is 23.0 Å². The molecule has 1 aliphatic heterocycles. The zero-order valence-electron chi connectivity index (χ0n) is 34.5. The number of aliphatic hydroxyl groups is 1. The molecule has 5 rings (SSSR count). The van der Waals surface area contributed by atoms with Crippen LogP contribution in [0.5, 0.6) is 23.0 Å². The highest BCUT2D eigenvalue weighted by Gasteiger charge is 2.46. The van der Waals surface area contributed by atoms with Gasteiger partial charge in [-0.05, 0) is 98.5 Å². The molecular weight excluding hydrogens is 961 g/mol. The van der Waals surface area contributed by atoms with Gasteiger partial charge in [0.2, 0.25) is 5.76 Å². The van der Waals surface area contributed by atoms with Gasteiger partial charge in [-0.25, -0.2) is 26.9 Å². The minimum absolute atomic E-state index is 0.0214. The Kier molecular flexibility index (Phi) is 18.5.